The van der Waals surface area contributed by atoms with Gasteiger partial charge in [0, 0.05) is 0 Å². The molecule has 0 fully saturated rings. The molecular formula is C43H36N3+. The number of pyridine rings is 3. The van der Waals surface area contributed by atoms with Gasteiger partial charge < -0.3 is 0 Å². The molecule has 222 valence electrons. The Hall–Kier alpha value is -5.41. The first-order valence-corrected chi connectivity index (χ1v) is 16.2. The van der Waals surface area contributed by atoms with Gasteiger partial charge in [-0.15, -0.1) is 0 Å². The highest BCUT2D eigenvalue weighted by Crippen LogP contribution is 2.47. The van der Waals surface area contributed by atoms with Crippen molar-refractivity contribution < 1.29 is 0 Å². The maximum Gasteiger partial charge on any atom is 0.107 e. The summed E-state index contributed by atoms with van der Waals surface area (Å²) in [6.45, 7) is 13.5. The van der Waals surface area contributed by atoms with Crippen LogP contribution in [0.25, 0.3) is 71.7 Å². The summed E-state index contributed by atoms with van der Waals surface area (Å²) in [7, 11) is 0. The predicted octanol–water partition coefficient (Wildman–Crippen LogP) is 11.4. The molecule has 0 aliphatic carbocycles. The summed E-state index contributed by atoms with van der Waals surface area (Å²) in [6.07, 6.45) is 0. The first kappa shape index (κ1) is 26.9. The summed E-state index contributed by atoms with van der Waals surface area (Å²) in [6, 6.07) is 40.6. The average molecular weight is 595 g/mol. The van der Waals surface area contributed by atoms with Gasteiger partial charge in [0.2, 0.25) is 0 Å². The average Bonchev–Trinajstić information content (AvgIpc) is 3.04. The first-order chi connectivity index (χ1) is 22.4. The summed E-state index contributed by atoms with van der Waals surface area (Å²) < 4.78 is 7.61. The standard InChI is InChI=1S/C43H36N3/c1-25-13-7-14-26(2)41(25)44-31-19-10-21-33-37(31)40-38-32(44)20-11-22-34(38)46(43-29(5)17-9-18-30(43)6)36-24-12-23-35(39(36)40)45(33)42-27(3)15-8-16-28(42)4/h7-24H,1-6H3/q+1. The highest BCUT2D eigenvalue weighted by Gasteiger charge is 2.31. The molecule has 3 nitrogen and oxygen atoms in total. The predicted molar refractivity (Wildman–Crippen MR) is 196 cm³/mol. The van der Waals surface area contributed by atoms with Crippen molar-refractivity contribution in [3.8, 4) is 17.1 Å². The highest BCUT2D eigenvalue weighted by atomic mass is 15.0. The lowest BCUT2D eigenvalue weighted by Crippen LogP contribution is -2.12. The van der Waals surface area contributed by atoms with Crippen LogP contribution in [0, 0.1) is 41.5 Å². The smallest absolute Gasteiger partial charge is 0.107 e. The second kappa shape index (κ2) is 9.55. The van der Waals surface area contributed by atoms with Crippen LogP contribution in [-0.4, -0.2) is 13.7 Å². The van der Waals surface area contributed by atoms with Gasteiger partial charge in [-0.25, -0.2) is 0 Å². The zero-order chi connectivity index (χ0) is 31.4. The van der Waals surface area contributed by atoms with E-state index in [4.69, 9.17) is 0 Å². The fourth-order valence-electron chi connectivity index (χ4n) is 8.43. The third-order valence-electron chi connectivity index (χ3n) is 10.2. The van der Waals surface area contributed by atoms with Crippen molar-refractivity contribution in [1.82, 2.24) is 13.7 Å². The van der Waals surface area contributed by atoms with Crippen molar-refractivity contribution in [1.29, 1.82) is 0 Å². The van der Waals surface area contributed by atoms with Crippen LogP contribution in [0.15, 0.2) is 109 Å². The van der Waals surface area contributed by atoms with Crippen LogP contribution in [0.3, 0.4) is 0 Å². The molecule has 0 aliphatic rings. The monoisotopic (exact) mass is 594 g/mol. The van der Waals surface area contributed by atoms with Crippen LogP contribution in [-0.2, 0) is 0 Å². The quantitative estimate of drug-likeness (QED) is 0.110. The number of rotatable bonds is 3. The molecule has 3 heteroatoms. The fourth-order valence-corrected chi connectivity index (χ4v) is 8.43. The SMILES string of the molecule is Cc1cccc(C)c1-n1c2cccc3c2[c+]2c4c1cccc4n(-c1c(C)cccc1C)c1cccc(c12)n3-c1c(C)cccc1C. The second-order valence-corrected chi connectivity index (χ2v) is 13.1. The van der Waals surface area contributed by atoms with E-state index in [-0.39, 0.29) is 0 Å². The molecule has 0 aliphatic heterocycles. The summed E-state index contributed by atoms with van der Waals surface area (Å²) in [5, 5.41) is 5.24. The van der Waals surface area contributed by atoms with Crippen molar-refractivity contribution >= 4 is 54.6 Å². The Morgan fingerprint density at radius 1 is 0.304 bits per heavy atom. The lowest BCUT2D eigenvalue weighted by atomic mass is 9.93. The minimum atomic E-state index is 1.23. The van der Waals surface area contributed by atoms with Crippen LogP contribution in [0.5, 0.6) is 0 Å². The Morgan fingerprint density at radius 2 is 0.500 bits per heavy atom. The minimum absolute atomic E-state index is 1.23. The number of benzene rings is 6. The normalized spacial score (nSPS) is 12.1. The summed E-state index contributed by atoms with van der Waals surface area (Å²) in [5.74, 6) is 0. The largest absolute Gasteiger partial charge is 0.263 e. The topological polar surface area (TPSA) is 14.8 Å². The van der Waals surface area contributed by atoms with Gasteiger partial charge in [0.05, 0.1) is 22.4 Å². The Bertz CT molecular complexity index is 2260. The van der Waals surface area contributed by atoms with Crippen molar-refractivity contribution in [3.05, 3.63) is 143 Å². The fraction of sp³-hybridized carbons (Fsp3) is 0.140. The number of aromatic nitrogens is 3. The molecule has 0 atom stereocenters. The number of hydrogen-bond donors (Lipinski definition) is 0. The molecule has 46 heavy (non-hydrogen) atoms. The number of nitrogens with zero attached hydrogens (tertiary/aromatic N) is 3. The molecular weight excluding hydrogens is 558 g/mol. The Labute approximate surface area is 268 Å². The van der Waals surface area contributed by atoms with Gasteiger partial charge in [0.15, 0.2) is 0 Å². The van der Waals surface area contributed by atoms with Gasteiger partial charge in [-0.05, 0) is 130 Å². The number of aryl methyl sites for hydroxylation is 6. The van der Waals surface area contributed by atoms with E-state index >= 15 is 0 Å². The summed E-state index contributed by atoms with van der Waals surface area (Å²) >= 11 is 0. The van der Waals surface area contributed by atoms with Gasteiger partial charge in [-0.1, -0.05) is 54.6 Å². The van der Waals surface area contributed by atoms with E-state index in [1.165, 1.54) is 105 Å². The number of para-hydroxylation sites is 3. The van der Waals surface area contributed by atoms with Crippen molar-refractivity contribution in [2.24, 2.45) is 0 Å². The van der Waals surface area contributed by atoms with Crippen LogP contribution in [0.2, 0.25) is 0 Å². The van der Waals surface area contributed by atoms with E-state index in [1.807, 2.05) is 0 Å². The zero-order valence-electron chi connectivity index (χ0n) is 27.2. The van der Waals surface area contributed by atoms with E-state index in [0.717, 1.165) is 0 Å². The third-order valence-corrected chi connectivity index (χ3v) is 10.2. The molecule has 6 aromatic carbocycles. The summed E-state index contributed by atoms with van der Waals surface area (Å²) in [5.41, 5.74) is 18.7. The van der Waals surface area contributed by atoms with Crippen LogP contribution < -0.4 is 0 Å². The lowest BCUT2D eigenvalue weighted by Gasteiger charge is -2.25. The van der Waals surface area contributed by atoms with Gasteiger partial charge >= 0.3 is 0 Å². The Balaban J connectivity index is 1.68. The molecule has 9 aromatic rings. The summed E-state index contributed by atoms with van der Waals surface area (Å²) in [4.78, 5) is 0. The van der Waals surface area contributed by atoms with E-state index in [2.05, 4.69) is 164 Å². The number of hydrogen-bond acceptors (Lipinski definition) is 0. The maximum absolute atomic E-state index is 2.54. The Kier molecular flexibility index (Phi) is 5.59. The molecule has 0 radical (unpaired) electrons. The van der Waals surface area contributed by atoms with Crippen LogP contribution in [0.1, 0.15) is 33.4 Å². The molecule has 9 rings (SSSR count). The second-order valence-electron chi connectivity index (χ2n) is 13.1. The minimum Gasteiger partial charge on any atom is -0.263 e. The molecule has 0 bridgehead atoms. The third kappa shape index (κ3) is 3.40. The van der Waals surface area contributed by atoms with Gasteiger partial charge in [0.25, 0.3) is 0 Å². The molecule has 3 aromatic heterocycles. The van der Waals surface area contributed by atoms with Crippen molar-refractivity contribution in [2.75, 3.05) is 0 Å². The van der Waals surface area contributed by atoms with E-state index in [0.29, 0.717) is 0 Å². The highest BCUT2D eigenvalue weighted by molar-refractivity contribution is 6.35. The molecule has 0 saturated carbocycles. The first-order valence-electron chi connectivity index (χ1n) is 16.2. The lowest BCUT2D eigenvalue weighted by molar-refractivity contribution is 1.08. The molecule has 3 heterocycles. The molecule has 0 spiro atoms. The molecule has 0 unspecified atom stereocenters. The van der Waals surface area contributed by atoms with E-state index in [1.54, 1.807) is 0 Å². The zero-order valence-corrected chi connectivity index (χ0v) is 27.2. The Morgan fingerprint density at radius 3 is 0.717 bits per heavy atom. The molecule has 0 saturated heterocycles. The van der Waals surface area contributed by atoms with Crippen molar-refractivity contribution in [2.45, 2.75) is 41.5 Å². The van der Waals surface area contributed by atoms with E-state index in [9.17, 15) is 0 Å². The van der Waals surface area contributed by atoms with E-state index < -0.39 is 0 Å². The van der Waals surface area contributed by atoms with Gasteiger partial charge in [0.1, 0.15) is 49.3 Å². The van der Waals surface area contributed by atoms with Crippen molar-refractivity contribution in [3.63, 3.8) is 0 Å². The maximum atomic E-state index is 2.54. The van der Waals surface area contributed by atoms with Gasteiger partial charge in [-0.3, -0.25) is 13.7 Å². The molecule has 0 amide bonds. The van der Waals surface area contributed by atoms with Crippen LogP contribution >= 0.6 is 0 Å². The van der Waals surface area contributed by atoms with Gasteiger partial charge in [-0.2, -0.15) is 0 Å². The molecule has 0 N–H and O–H groups in total. The van der Waals surface area contributed by atoms with Crippen LogP contribution in [0.4, 0.5) is 0 Å².